The van der Waals surface area contributed by atoms with Crippen molar-refractivity contribution in [2.24, 2.45) is 5.92 Å². The standard InChI is InChI=1S/C15H22N2O3/c1-11(2)9-17(10-14(18)19)15(20)12-5-7-13(8-6-12)16(3)4/h5-8,11H,9-10H2,1-4H3,(H,18,19). The summed E-state index contributed by atoms with van der Waals surface area (Å²) in [5.74, 6) is -1.02. The molecule has 0 aliphatic heterocycles. The summed E-state index contributed by atoms with van der Waals surface area (Å²) in [5, 5.41) is 8.91. The Kier molecular flexibility index (Phi) is 5.55. The predicted octanol–water partition coefficient (Wildman–Crippen LogP) is 1.94. The number of carboxylic acid groups (broad SMARTS) is 1. The molecule has 0 unspecified atom stereocenters. The van der Waals surface area contributed by atoms with E-state index in [1.165, 1.54) is 4.90 Å². The molecule has 0 spiro atoms. The van der Waals surface area contributed by atoms with Gasteiger partial charge in [-0.25, -0.2) is 0 Å². The summed E-state index contributed by atoms with van der Waals surface area (Å²) in [6.07, 6.45) is 0. The van der Waals surface area contributed by atoms with Gasteiger partial charge in [-0.15, -0.1) is 0 Å². The number of carboxylic acids is 1. The Morgan fingerprint density at radius 1 is 1.15 bits per heavy atom. The Labute approximate surface area is 119 Å². The average molecular weight is 278 g/mol. The van der Waals surface area contributed by atoms with Crippen LogP contribution in [0, 0.1) is 5.92 Å². The molecule has 0 atom stereocenters. The quantitative estimate of drug-likeness (QED) is 0.864. The van der Waals surface area contributed by atoms with E-state index >= 15 is 0 Å². The zero-order valence-corrected chi connectivity index (χ0v) is 12.5. The summed E-state index contributed by atoms with van der Waals surface area (Å²) in [5.41, 5.74) is 1.51. The molecule has 0 fully saturated rings. The first kappa shape index (κ1) is 16.0. The minimum Gasteiger partial charge on any atom is -0.480 e. The van der Waals surface area contributed by atoms with Crippen LogP contribution in [-0.4, -0.2) is 49.1 Å². The van der Waals surface area contributed by atoms with Crippen LogP contribution in [0.25, 0.3) is 0 Å². The third-order valence-corrected chi connectivity index (χ3v) is 2.83. The molecule has 5 nitrogen and oxygen atoms in total. The van der Waals surface area contributed by atoms with Crippen LogP contribution >= 0.6 is 0 Å². The minimum atomic E-state index is -0.996. The fraction of sp³-hybridized carbons (Fsp3) is 0.467. The maximum Gasteiger partial charge on any atom is 0.323 e. The highest BCUT2D eigenvalue weighted by molar-refractivity contribution is 5.96. The van der Waals surface area contributed by atoms with E-state index in [1.807, 2.05) is 45.0 Å². The summed E-state index contributed by atoms with van der Waals surface area (Å²) >= 11 is 0. The van der Waals surface area contributed by atoms with Crippen molar-refractivity contribution in [3.8, 4) is 0 Å². The lowest BCUT2D eigenvalue weighted by atomic mass is 10.1. The number of benzene rings is 1. The zero-order valence-electron chi connectivity index (χ0n) is 12.5. The number of rotatable bonds is 6. The first-order valence-corrected chi connectivity index (χ1v) is 6.59. The summed E-state index contributed by atoms with van der Waals surface area (Å²) in [6, 6.07) is 7.16. The van der Waals surface area contributed by atoms with Gasteiger partial charge < -0.3 is 14.9 Å². The van der Waals surface area contributed by atoms with Crippen molar-refractivity contribution >= 4 is 17.6 Å². The minimum absolute atomic E-state index is 0.222. The Morgan fingerprint density at radius 2 is 1.70 bits per heavy atom. The number of carbonyl (C=O) groups excluding carboxylic acids is 1. The molecule has 20 heavy (non-hydrogen) atoms. The van der Waals surface area contributed by atoms with Crippen molar-refractivity contribution in [1.82, 2.24) is 4.90 Å². The Balaban J connectivity index is 2.90. The van der Waals surface area contributed by atoms with Gasteiger partial charge in [-0.3, -0.25) is 9.59 Å². The molecule has 0 aromatic heterocycles. The summed E-state index contributed by atoms with van der Waals surface area (Å²) in [7, 11) is 3.85. The molecule has 1 aromatic rings. The topological polar surface area (TPSA) is 60.9 Å². The maximum absolute atomic E-state index is 12.3. The van der Waals surface area contributed by atoms with E-state index in [4.69, 9.17) is 5.11 Å². The fourth-order valence-electron chi connectivity index (χ4n) is 1.91. The van der Waals surface area contributed by atoms with Gasteiger partial charge in [-0.1, -0.05) is 13.8 Å². The van der Waals surface area contributed by atoms with E-state index in [1.54, 1.807) is 12.1 Å². The molecule has 1 amide bonds. The van der Waals surface area contributed by atoms with Gasteiger partial charge in [0, 0.05) is 31.9 Å². The Morgan fingerprint density at radius 3 is 2.10 bits per heavy atom. The third-order valence-electron chi connectivity index (χ3n) is 2.83. The molecule has 1 rings (SSSR count). The van der Waals surface area contributed by atoms with Crippen molar-refractivity contribution in [2.45, 2.75) is 13.8 Å². The molecule has 0 heterocycles. The van der Waals surface area contributed by atoms with Crippen molar-refractivity contribution in [2.75, 3.05) is 32.1 Å². The zero-order chi connectivity index (χ0) is 15.3. The summed E-state index contributed by atoms with van der Waals surface area (Å²) in [6.45, 7) is 4.07. The van der Waals surface area contributed by atoms with Crippen LogP contribution in [0.15, 0.2) is 24.3 Å². The van der Waals surface area contributed by atoms with E-state index < -0.39 is 5.97 Å². The molecule has 0 radical (unpaired) electrons. The molecular formula is C15H22N2O3. The molecule has 0 saturated heterocycles. The number of nitrogens with zero attached hydrogens (tertiary/aromatic N) is 2. The molecule has 5 heteroatoms. The van der Waals surface area contributed by atoms with Gasteiger partial charge in [-0.2, -0.15) is 0 Å². The molecular weight excluding hydrogens is 256 g/mol. The van der Waals surface area contributed by atoms with Crippen molar-refractivity contribution < 1.29 is 14.7 Å². The smallest absolute Gasteiger partial charge is 0.323 e. The summed E-state index contributed by atoms with van der Waals surface area (Å²) in [4.78, 5) is 26.5. The van der Waals surface area contributed by atoms with Crippen LogP contribution in [0.5, 0.6) is 0 Å². The SMILES string of the molecule is CC(C)CN(CC(=O)O)C(=O)c1ccc(N(C)C)cc1. The van der Waals surface area contributed by atoms with Gasteiger partial charge in [0.1, 0.15) is 6.54 Å². The van der Waals surface area contributed by atoms with Crippen LogP contribution in [0.3, 0.4) is 0 Å². The van der Waals surface area contributed by atoms with E-state index in [0.717, 1.165) is 5.69 Å². The number of hydrogen-bond donors (Lipinski definition) is 1. The van der Waals surface area contributed by atoms with E-state index in [9.17, 15) is 9.59 Å². The van der Waals surface area contributed by atoms with Gasteiger partial charge in [0.15, 0.2) is 0 Å². The highest BCUT2D eigenvalue weighted by Crippen LogP contribution is 2.14. The molecule has 0 bridgehead atoms. The number of aliphatic carboxylic acids is 1. The molecule has 1 N–H and O–H groups in total. The molecule has 0 aliphatic carbocycles. The molecule has 1 aromatic carbocycles. The lowest BCUT2D eigenvalue weighted by molar-refractivity contribution is -0.137. The number of anilines is 1. The monoisotopic (exact) mass is 278 g/mol. The second kappa shape index (κ2) is 6.93. The largest absolute Gasteiger partial charge is 0.480 e. The second-order valence-corrected chi connectivity index (χ2v) is 5.41. The van der Waals surface area contributed by atoms with Crippen molar-refractivity contribution in [3.05, 3.63) is 29.8 Å². The van der Waals surface area contributed by atoms with Crippen molar-refractivity contribution in [1.29, 1.82) is 0 Å². The fourth-order valence-corrected chi connectivity index (χ4v) is 1.91. The predicted molar refractivity (Wildman–Crippen MR) is 79.1 cm³/mol. The highest BCUT2D eigenvalue weighted by Gasteiger charge is 2.19. The molecule has 110 valence electrons. The third kappa shape index (κ3) is 4.57. The van der Waals surface area contributed by atoms with Crippen molar-refractivity contribution in [3.63, 3.8) is 0 Å². The van der Waals surface area contributed by atoms with Gasteiger partial charge in [0.25, 0.3) is 5.91 Å². The normalized spacial score (nSPS) is 10.4. The lowest BCUT2D eigenvalue weighted by Gasteiger charge is -2.23. The highest BCUT2D eigenvalue weighted by atomic mass is 16.4. The average Bonchev–Trinajstić information content (AvgIpc) is 2.36. The molecule has 0 aliphatic rings. The van der Waals surface area contributed by atoms with E-state index in [2.05, 4.69) is 0 Å². The maximum atomic E-state index is 12.3. The molecule has 0 saturated carbocycles. The van der Waals surface area contributed by atoms with Gasteiger partial charge >= 0.3 is 5.97 Å². The first-order chi connectivity index (χ1) is 9.31. The Bertz CT molecular complexity index is 467. The van der Waals surface area contributed by atoms with E-state index in [-0.39, 0.29) is 18.4 Å². The van der Waals surface area contributed by atoms with Gasteiger partial charge in [0.05, 0.1) is 0 Å². The van der Waals surface area contributed by atoms with E-state index in [0.29, 0.717) is 12.1 Å². The van der Waals surface area contributed by atoms with Crippen LogP contribution in [-0.2, 0) is 4.79 Å². The van der Waals surface area contributed by atoms with Crippen LogP contribution in [0.4, 0.5) is 5.69 Å². The first-order valence-electron chi connectivity index (χ1n) is 6.59. The number of amides is 1. The van der Waals surface area contributed by atoms with Crippen LogP contribution in [0.2, 0.25) is 0 Å². The van der Waals surface area contributed by atoms with Crippen LogP contribution < -0.4 is 4.90 Å². The number of carbonyl (C=O) groups is 2. The Hall–Kier alpha value is -2.04. The second-order valence-electron chi connectivity index (χ2n) is 5.41. The van der Waals surface area contributed by atoms with Crippen LogP contribution in [0.1, 0.15) is 24.2 Å². The van der Waals surface area contributed by atoms with Gasteiger partial charge in [0.2, 0.25) is 0 Å². The number of hydrogen-bond acceptors (Lipinski definition) is 3. The van der Waals surface area contributed by atoms with Gasteiger partial charge in [-0.05, 0) is 30.2 Å². The summed E-state index contributed by atoms with van der Waals surface area (Å²) < 4.78 is 0. The lowest BCUT2D eigenvalue weighted by Crippen LogP contribution is -2.38.